The molecule has 1 amide bonds. The number of imidazole rings is 1. The van der Waals surface area contributed by atoms with Crippen molar-refractivity contribution < 1.29 is 9.90 Å². The molecule has 0 unspecified atom stereocenters. The molecule has 5 nitrogen and oxygen atoms in total. The number of aliphatic hydroxyl groups excluding tert-OH is 1. The van der Waals surface area contributed by atoms with Crippen molar-refractivity contribution in [3.05, 3.63) is 29.1 Å². The van der Waals surface area contributed by atoms with E-state index in [-0.39, 0.29) is 5.91 Å². The highest BCUT2D eigenvalue weighted by molar-refractivity contribution is 5.81. The average Bonchev–Trinajstić information content (AvgIpc) is 2.86. The Hall–Kier alpha value is -1.88. The van der Waals surface area contributed by atoms with Crippen LogP contribution in [0.3, 0.4) is 0 Å². The molecule has 1 aromatic heterocycles. The number of aromatic amines is 1. The summed E-state index contributed by atoms with van der Waals surface area (Å²) in [6, 6.07) is 4.10. The lowest BCUT2D eigenvalue weighted by Gasteiger charge is -2.12. The van der Waals surface area contributed by atoms with Gasteiger partial charge in [0.2, 0.25) is 5.91 Å². The molecule has 5 heteroatoms. The maximum atomic E-state index is 11.7. The summed E-state index contributed by atoms with van der Waals surface area (Å²) >= 11 is 0. The van der Waals surface area contributed by atoms with E-state index in [1.165, 1.54) is 11.1 Å². The normalized spacial score (nSPS) is 12.8. The predicted molar refractivity (Wildman–Crippen MR) is 87.7 cm³/mol. The molecular formula is C17H25N3O2. The monoisotopic (exact) mass is 303 g/mol. The van der Waals surface area contributed by atoms with Crippen LogP contribution in [0.25, 0.3) is 11.0 Å². The highest BCUT2D eigenvalue weighted by atomic mass is 16.3. The topological polar surface area (TPSA) is 78.0 Å². The van der Waals surface area contributed by atoms with Gasteiger partial charge in [0.1, 0.15) is 11.9 Å². The van der Waals surface area contributed by atoms with Crippen molar-refractivity contribution in [2.75, 3.05) is 6.54 Å². The number of carbonyl (C=O) groups is 1. The van der Waals surface area contributed by atoms with Gasteiger partial charge >= 0.3 is 0 Å². The molecule has 1 aromatic carbocycles. The number of aliphatic hydroxyl groups is 1. The van der Waals surface area contributed by atoms with Crippen LogP contribution in [0, 0.1) is 19.8 Å². The molecule has 0 bridgehead atoms. The van der Waals surface area contributed by atoms with Gasteiger partial charge in [-0.05, 0) is 43.4 Å². The molecule has 2 aromatic rings. The van der Waals surface area contributed by atoms with Crippen LogP contribution in [0.15, 0.2) is 12.1 Å². The third-order valence-electron chi connectivity index (χ3n) is 3.89. The van der Waals surface area contributed by atoms with E-state index >= 15 is 0 Å². The van der Waals surface area contributed by atoms with E-state index in [2.05, 4.69) is 35.2 Å². The van der Waals surface area contributed by atoms with E-state index in [1.54, 1.807) is 0 Å². The molecule has 120 valence electrons. The first-order valence-corrected chi connectivity index (χ1v) is 7.79. The third-order valence-corrected chi connectivity index (χ3v) is 3.89. The van der Waals surface area contributed by atoms with Crippen LogP contribution in [0.4, 0.5) is 0 Å². The smallest absolute Gasteiger partial charge is 0.248 e. The number of fused-ring (bicyclic) bond motifs is 1. The van der Waals surface area contributed by atoms with E-state index < -0.39 is 6.10 Å². The van der Waals surface area contributed by atoms with Crippen molar-refractivity contribution in [2.45, 2.75) is 46.6 Å². The molecular weight excluding hydrogens is 278 g/mol. The highest BCUT2D eigenvalue weighted by Gasteiger charge is 2.16. The second kappa shape index (κ2) is 6.92. The molecule has 1 atom stereocenters. The van der Waals surface area contributed by atoms with Crippen LogP contribution in [0.5, 0.6) is 0 Å². The Bertz CT molecular complexity index is 661. The first-order chi connectivity index (χ1) is 10.4. The summed E-state index contributed by atoms with van der Waals surface area (Å²) in [6.07, 6.45) is 0.169. The van der Waals surface area contributed by atoms with Gasteiger partial charge in [0.15, 0.2) is 0 Å². The Morgan fingerprint density at radius 2 is 2.09 bits per heavy atom. The van der Waals surface area contributed by atoms with Crippen molar-refractivity contribution in [2.24, 2.45) is 5.92 Å². The van der Waals surface area contributed by atoms with Gasteiger partial charge in [-0.1, -0.05) is 19.9 Å². The molecule has 2 rings (SSSR count). The van der Waals surface area contributed by atoms with Gasteiger partial charge < -0.3 is 15.4 Å². The average molecular weight is 303 g/mol. The molecule has 0 aliphatic heterocycles. The first-order valence-electron chi connectivity index (χ1n) is 7.79. The summed E-state index contributed by atoms with van der Waals surface area (Å²) in [5, 5.41) is 12.5. The lowest BCUT2D eigenvalue weighted by molar-refractivity contribution is -0.130. The maximum Gasteiger partial charge on any atom is 0.248 e. The van der Waals surface area contributed by atoms with Crippen LogP contribution in [0.1, 0.15) is 37.2 Å². The number of hydrogen-bond acceptors (Lipinski definition) is 3. The van der Waals surface area contributed by atoms with Crippen LogP contribution in [0.2, 0.25) is 0 Å². The second-order valence-electron chi connectivity index (χ2n) is 6.27. The van der Waals surface area contributed by atoms with Gasteiger partial charge in [-0.3, -0.25) is 4.79 Å². The van der Waals surface area contributed by atoms with Crippen molar-refractivity contribution in [1.29, 1.82) is 0 Å². The van der Waals surface area contributed by atoms with Crippen molar-refractivity contribution in [3.63, 3.8) is 0 Å². The van der Waals surface area contributed by atoms with Gasteiger partial charge in [-0.15, -0.1) is 0 Å². The number of nitrogens with zero attached hydrogens (tertiary/aromatic N) is 1. The summed E-state index contributed by atoms with van der Waals surface area (Å²) in [4.78, 5) is 19.6. The van der Waals surface area contributed by atoms with Gasteiger partial charge in [0.05, 0.1) is 11.0 Å². The molecule has 22 heavy (non-hydrogen) atoms. The second-order valence-corrected chi connectivity index (χ2v) is 6.27. The van der Waals surface area contributed by atoms with Crippen molar-refractivity contribution in [1.82, 2.24) is 15.3 Å². The molecule has 0 radical (unpaired) electrons. The number of nitrogens with one attached hydrogen (secondary N) is 2. The molecule has 0 saturated carbocycles. The van der Waals surface area contributed by atoms with Gasteiger partial charge in [-0.2, -0.15) is 0 Å². The number of benzene rings is 1. The minimum atomic E-state index is -0.930. The quantitative estimate of drug-likeness (QED) is 0.766. The molecule has 0 aliphatic carbocycles. The fourth-order valence-corrected chi connectivity index (χ4v) is 2.46. The Morgan fingerprint density at radius 3 is 2.77 bits per heavy atom. The van der Waals surface area contributed by atoms with Gasteiger partial charge in [0, 0.05) is 13.0 Å². The Labute approximate surface area is 131 Å². The summed E-state index contributed by atoms with van der Waals surface area (Å²) in [5.74, 6) is 0.835. The predicted octanol–water partition coefficient (Wildman–Crippen LogP) is 2.25. The summed E-state index contributed by atoms with van der Waals surface area (Å²) in [6.45, 7) is 8.56. The first kappa shape index (κ1) is 16.5. The Kier molecular flexibility index (Phi) is 5.19. The number of aryl methyl sites for hydroxylation is 2. The van der Waals surface area contributed by atoms with Gasteiger partial charge in [0.25, 0.3) is 0 Å². The Balaban J connectivity index is 1.92. The SMILES string of the molecule is Cc1ccc2[nH]c(CCNC(=O)[C@@H](O)CC(C)C)nc2c1C. The molecule has 3 N–H and O–H groups in total. The summed E-state index contributed by atoms with van der Waals surface area (Å²) in [7, 11) is 0. The van der Waals surface area contributed by atoms with E-state index in [9.17, 15) is 9.90 Å². The fraction of sp³-hybridized carbons (Fsp3) is 0.529. The van der Waals surface area contributed by atoms with E-state index in [4.69, 9.17) is 0 Å². The summed E-state index contributed by atoms with van der Waals surface area (Å²) < 4.78 is 0. The zero-order valence-electron chi connectivity index (χ0n) is 13.7. The van der Waals surface area contributed by atoms with E-state index in [0.717, 1.165) is 16.9 Å². The lowest BCUT2D eigenvalue weighted by Crippen LogP contribution is -2.36. The van der Waals surface area contributed by atoms with Crippen LogP contribution in [-0.2, 0) is 11.2 Å². The zero-order valence-corrected chi connectivity index (χ0v) is 13.7. The highest BCUT2D eigenvalue weighted by Crippen LogP contribution is 2.19. The largest absolute Gasteiger partial charge is 0.383 e. The number of H-pyrrole nitrogens is 1. The number of rotatable bonds is 6. The minimum Gasteiger partial charge on any atom is -0.383 e. The molecule has 1 heterocycles. The van der Waals surface area contributed by atoms with Gasteiger partial charge in [-0.25, -0.2) is 4.98 Å². The fourth-order valence-electron chi connectivity index (χ4n) is 2.46. The minimum absolute atomic E-state index is 0.294. The molecule has 0 fully saturated rings. The zero-order chi connectivity index (χ0) is 16.3. The maximum absolute atomic E-state index is 11.7. The number of hydrogen-bond donors (Lipinski definition) is 3. The third kappa shape index (κ3) is 3.85. The Morgan fingerprint density at radius 1 is 1.36 bits per heavy atom. The van der Waals surface area contributed by atoms with Crippen molar-refractivity contribution >= 4 is 16.9 Å². The number of aromatic nitrogens is 2. The number of amides is 1. The summed E-state index contributed by atoms with van der Waals surface area (Å²) in [5.41, 5.74) is 4.40. The van der Waals surface area contributed by atoms with Crippen molar-refractivity contribution in [3.8, 4) is 0 Å². The number of carbonyl (C=O) groups excluding carboxylic acids is 1. The molecule has 0 aliphatic rings. The van der Waals surface area contributed by atoms with E-state index in [1.807, 2.05) is 19.9 Å². The van der Waals surface area contributed by atoms with E-state index in [0.29, 0.717) is 25.3 Å². The van der Waals surface area contributed by atoms with Crippen LogP contribution in [-0.4, -0.2) is 33.6 Å². The molecule has 0 saturated heterocycles. The van der Waals surface area contributed by atoms with Crippen LogP contribution < -0.4 is 5.32 Å². The lowest BCUT2D eigenvalue weighted by atomic mass is 10.1. The standard InChI is InChI=1S/C17H25N3O2/c1-10(2)9-14(21)17(22)18-8-7-15-19-13-6-5-11(3)12(4)16(13)20-15/h5-6,10,14,21H,7-9H2,1-4H3,(H,18,22)(H,19,20)/t14-/m0/s1. The van der Waals surface area contributed by atoms with Crippen LogP contribution >= 0.6 is 0 Å². The molecule has 0 spiro atoms.